The zero-order valence-corrected chi connectivity index (χ0v) is 11.9. The maximum atomic E-state index is 12.0. The molecule has 4 nitrogen and oxygen atoms in total. The van der Waals surface area contributed by atoms with Gasteiger partial charge in [0.05, 0.1) is 6.61 Å². The molecule has 0 unspecified atom stereocenters. The van der Waals surface area contributed by atoms with Crippen LogP contribution in [0, 0.1) is 0 Å². The highest BCUT2D eigenvalue weighted by Crippen LogP contribution is 2.26. The van der Waals surface area contributed by atoms with Gasteiger partial charge >= 0.3 is 0 Å². The average molecular weight is 275 g/mol. The van der Waals surface area contributed by atoms with Crippen LogP contribution < -0.4 is 9.47 Å². The van der Waals surface area contributed by atoms with Gasteiger partial charge in [-0.05, 0) is 19.1 Å². The third kappa shape index (κ3) is 4.80. The van der Waals surface area contributed by atoms with E-state index in [0.717, 1.165) is 0 Å². The molecule has 0 aliphatic rings. The van der Waals surface area contributed by atoms with Crippen molar-refractivity contribution < 1.29 is 14.3 Å². The topological polar surface area (TPSA) is 38.8 Å². The predicted octanol–water partition coefficient (Wildman–Crippen LogP) is 2.66. The molecule has 0 heterocycles. The molecule has 0 fully saturated rings. The summed E-state index contributed by atoms with van der Waals surface area (Å²) in [6.07, 6.45) is 3.35. The third-order valence-corrected chi connectivity index (χ3v) is 2.55. The number of hydrogen-bond donors (Lipinski definition) is 0. The van der Waals surface area contributed by atoms with E-state index in [-0.39, 0.29) is 12.5 Å². The van der Waals surface area contributed by atoms with E-state index in [0.29, 0.717) is 31.2 Å². The van der Waals surface area contributed by atoms with Crippen molar-refractivity contribution >= 4 is 5.91 Å². The van der Waals surface area contributed by atoms with Crippen molar-refractivity contribution in [1.82, 2.24) is 4.90 Å². The molecule has 1 aromatic carbocycles. The maximum Gasteiger partial charge on any atom is 0.261 e. The number of nitrogens with zero attached hydrogens (tertiary/aromatic N) is 1. The Labute approximate surface area is 120 Å². The van der Waals surface area contributed by atoms with Crippen molar-refractivity contribution in [1.29, 1.82) is 0 Å². The molecule has 0 radical (unpaired) electrons. The Morgan fingerprint density at radius 3 is 2.20 bits per heavy atom. The van der Waals surface area contributed by atoms with Gasteiger partial charge in [0, 0.05) is 13.1 Å². The number of benzene rings is 1. The summed E-state index contributed by atoms with van der Waals surface area (Å²) in [6, 6.07) is 7.30. The minimum Gasteiger partial charge on any atom is -0.490 e. The molecule has 0 N–H and O–H groups in total. The molecule has 1 aromatic rings. The van der Waals surface area contributed by atoms with Crippen LogP contribution in [0.5, 0.6) is 11.5 Å². The number of ether oxygens (including phenoxy) is 2. The Hall–Kier alpha value is -2.23. The first kappa shape index (κ1) is 15.8. The first-order valence-corrected chi connectivity index (χ1v) is 6.57. The molecule has 0 atom stereocenters. The number of carbonyl (C=O) groups is 1. The van der Waals surface area contributed by atoms with Crippen molar-refractivity contribution in [2.24, 2.45) is 0 Å². The summed E-state index contributed by atoms with van der Waals surface area (Å²) >= 11 is 0. The SMILES string of the molecule is C=CCN(CC=C)C(=O)COc1ccccc1OCC. The first-order valence-electron chi connectivity index (χ1n) is 6.57. The monoisotopic (exact) mass is 275 g/mol. The molecular weight excluding hydrogens is 254 g/mol. The minimum absolute atomic E-state index is 0.0359. The lowest BCUT2D eigenvalue weighted by molar-refractivity contribution is -0.132. The van der Waals surface area contributed by atoms with E-state index in [1.165, 1.54) is 0 Å². The van der Waals surface area contributed by atoms with Gasteiger partial charge in [-0.3, -0.25) is 4.79 Å². The van der Waals surface area contributed by atoms with E-state index in [1.54, 1.807) is 23.1 Å². The van der Waals surface area contributed by atoms with Gasteiger partial charge in [0.15, 0.2) is 18.1 Å². The van der Waals surface area contributed by atoms with Gasteiger partial charge < -0.3 is 14.4 Å². The molecule has 0 aliphatic heterocycles. The Morgan fingerprint density at radius 1 is 1.15 bits per heavy atom. The lowest BCUT2D eigenvalue weighted by Gasteiger charge is -2.19. The van der Waals surface area contributed by atoms with Gasteiger partial charge in [-0.1, -0.05) is 24.3 Å². The fourth-order valence-electron chi connectivity index (χ4n) is 1.66. The molecule has 108 valence electrons. The van der Waals surface area contributed by atoms with Crippen LogP contribution in [0.3, 0.4) is 0 Å². The summed E-state index contributed by atoms with van der Waals surface area (Å²) in [4.78, 5) is 13.6. The summed E-state index contributed by atoms with van der Waals surface area (Å²) in [7, 11) is 0. The fraction of sp³-hybridized carbons (Fsp3) is 0.312. The van der Waals surface area contributed by atoms with Crippen molar-refractivity contribution in [3.05, 3.63) is 49.6 Å². The quantitative estimate of drug-likeness (QED) is 0.650. The molecule has 4 heteroatoms. The van der Waals surface area contributed by atoms with Crippen molar-refractivity contribution in [3.8, 4) is 11.5 Å². The van der Waals surface area contributed by atoms with Crippen molar-refractivity contribution in [2.75, 3.05) is 26.3 Å². The standard InChI is InChI=1S/C16H21NO3/c1-4-11-17(12-5-2)16(18)13-20-15-10-8-7-9-14(15)19-6-3/h4-5,7-10H,1-2,6,11-13H2,3H3. The van der Waals surface area contributed by atoms with Gasteiger partial charge in [-0.15, -0.1) is 13.2 Å². The van der Waals surface area contributed by atoms with Gasteiger partial charge in [-0.25, -0.2) is 0 Å². The molecular formula is C16H21NO3. The highest BCUT2D eigenvalue weighted by molar-refractivity contribution is 5.78. The summed E-state index contributed by atoms with van der Waals surface area (Å²) in [5.41, 5.74) is 0. The van der Waals surface area contributed by atoms with Crippen LogP contribution in [0.1, 0.15) is 6.92 Å². The van der Waals surface area contributed by atoms with E-state index in [4.69, 9.17) is 9.47 Å². The maximum absolute atomic E-state index is 12.0. The van der Waals surface area contributed by atoms with Crippen molar-refractivity contribution in [3.63, 3.8) is 0 Å². The minimum atomic E-state index is -0.115. The second kappa shape index (κ2) is 8.80. The second-order valence-corrected chi connectivity index (χ2v) is 4.04. The van der Waals surface area contributed by atoms with Crippen LogP contribution in [0.25, 0.3) is 0 Å². The molecule has 0 spiro atoms. The second-order valence-electron chi connectivity index (χ2n) is 4.04. The van der Waals surface area contributed by atoms with E-state index in [9.17, 15) is 4.79 Å². The molecule has 1 amide bonds. The lowest BCUT2D eigenvalue weighted by atomic mass is 10.3. The third-order valence-electron chi connectivity index (χ3n) is 2.55. The zero-order chi connectivity index (χ0) is 14.8. The number of rotatable bonds is 9. The van der Waals surface area contributed by atoms with Crippen LogP contribution in [0.4, 0.5) is 0 Å². The Kier molecular flexibility index (Phi) is 6.96. The van der Waals surface area contributed by atoms with Gasteiger partial charge in [0.25, 0.3) is 5.91 Å². The smallest absolute Gasteiger partial charge is 0.261 e. The Balaban J connectivity index is 2.63. The number of hydrogen-bond acceptors (Lipinski definition) is 3. The largest absolute Gasteiger partial charge is 0.490 e. The van der Waals surface area contributed by atoms with Gasteiger partial charge in [-0.2, -0.15) is 0 Å². The predicted molar refractivity (Wildman–Crippen MR) is 80.1 cm³/mol. The van der Waals surface area contributed by atoms with Gasteiger partial charge in [0.1, 0.15) is 0 Å². The van der Waals surface area contributed by atoms with Crippen LogP contribution >= 0.6 is 0 Å². The highest BCUT2D eigenvalue weighted by atomic mass is 16.5. The van der Waals surface area contributed by atoms with Crippen LogP contribution in [0.15, 0.2) is 49.6 Å². The zero-order valence-electron chi connectivity index (χ0n) is 11.9. The first-order chi connectivity index (χ1) is 9.72. The average Bonchev–Trinajstić information content (AvgIpc) is 2.46. The Bertz CT molecular complexity index is 447. The fourth-order valence-corrected chi connectivity index (χ4v) is 1.66. The van der Waals surface area contributed by atoms with Crippen LogP contribution in [-0.2, 0) is 4.79 Å². The number of para-hydroxylation sites is 2. The molecule has 0 saturated carbocycles. The van der Waals surface area contributed by atoms with E-state index >= 15 is 0 Å². The summed E-state index contributed by atoms with van der Waals surface area (Å²) < 4.78 is 11.0. The molecule has 0 aromatic heterocycles. The lowest BCUT2D eigenvalue weighted by Crippen LogP contribution is -2.35. The van der Waals surface area contributed by atoms with Crippen molar-refractivity contribution in [2.45, 2.75) is 6.92 Å². The molecule has 20 heavy (non-hydrogen) atoms. The van der Waals surface area contributed by atoms with E-state index in [2.05, 4.69) is 13.2 Å². The Morgan fingerprint density at radius 2 is 1.70 bits per heavy atom. The molecule has 0 aliphatic carbocycles. The number of amides is 1. The normalized spacial score (nSPS) is 9.65. The summed E-state index contributed by atoms with van der Waals surface area (Å²) in [5.74, 6) is 1.10. The van der Waals surface area contributed by atoms with E-state index < -0.39 is 0 Å². The van der Waals surface area contributed by atoms with Gasteiger partial charge in [0.2, 0.25) is 0 Å². The van der Waals surface area contributed by atoms with E-state index in [1.807, 2.05) is 25.1 Å². The molecule has 0 saturated heterocycles. The molecule has 1 rings (SSSR count). The van der Waals surface area contributed by atoms with Crippen LogP contribution in [0.2, 0.25) is 0 Å². The molecule has 0 bridgehead atoms. The van der Waals surface area contributed by atoms with Crippen LogP contribution in [-0.4, -0.2) is 37.1 Å². The summed E-state index contributed by atoms with van der Waals surface area (Å²) in [5, 5.41) is 0. The number of carbonyl (C=O) groups excluding carboxylic acids is 1. The summed E-state index contributed by atoms with van der Waals surface area (Å²) in [6.45, 7) is 10.6. The highest BCUT2D eigenvalue weighted by Gasteiger charge is 2.12.